The number of imide groups is 1. The van der Waals surface area contributed by atoms with E-state index < -0.39 is 17.8 Å². The van der Waals surface area contributed by atoms with Gasteiger partial charge in [-0.1, -0.05) is 6.07 Å². The fraction of sp³-hybridized carbons (Fsp3) is 0.273. The molecule has 2 aromatic rings. The molecule has 2 aromatic carbocycles. The lowest BCUT2D eigenvalue weighted by Crippen LogP contribution is -2.31. The molecule has 1 atom stereocenters. The van der Waals surface area contributed by atoms with Gasteiger partial charge in [-0.15, -0.1) is 0 Å². The average Bonchev–Trinajstić information content (AvgIpc) is 3.32. The van der Waals surface area contributed by atoms with E-state index in [4.69, 9.17) is 9.47 Å². The van der Waals surface area contributed by atoms with Crippen LogP contribution in [0.3, 0.4) is 0 Å². The topological polar surface area (TPSA) is 102 Å². The van der Waals surface area contributed by atoms with Crippen LogP contribution in [0.2, 0.25) is 0 Å². The van der Waals surface area contributed by atoms with Crippen LogP contribution >= 0.6 is 0 Å². The molecule has 2 aliphatic heterocycles. The fourth-order valence-electron chi connectivity index (χ4n) is 3.58. The van der Waals surface area contributed by atoms with Crippen LogP contribution in [0.1, 0.15) is 50.8 Å². The second-order valence-electron chi connectivity index (χ2n) is 7.14. The molecular weight excluding hydrogens is 388 g/mol. The van der Waals surface area contributed by atoms with E-state index in [1.54, 1.807) is 18.2 Å². The van der Waals surface area contributed by atoms with Crippen molar-refractivity contribution in [2.45, 2.75) is 25.9 Å². The van der Waals surface area contributed by atoms with Gasteiger partial charge in [0, 0.05) is 31.7 Å². The molecule has 8 nitrogen and oxygen atoms in total. The molecule has 1 saturated heterocycles. The van der Waals surface area contributed by atoms with Gasteiger partial charge in [0.1, 0.15) is 5.75 Å². The van der Waals surface area contributed by atoms with Gasteiger partial charge >= 0.3 is 5.97 Å². The lowest BCUT2D eigenvalue weighted by atomic mass is 10.1. The maximum Gasteiger partial charge on any atom is 0.308 e. The number of benzene rings is 2. The summed E-state index contributed by atoms with van der Waals surface area (Å²) in [5.74, 6) is -1.65. The minimum atomic E-state index is -0.538. The number of amides is 3. The SMILES string of the molecule is CC(=O)Oc1cccc(N2C(=O)c3ccc(C(=O)NCC4CCCO4)cc3C2=O)c1. The van der Waals surface area contributed by atoms with E-state index >= 15 is 0 Å². The molecule has 154 valence electrons. The maximum absolute atomic E-state index is 12.9. The molecule has 0 bridgehead atoms. The second kappa shape index (κ2) is 8.08. The zero-order chi connectivity index (χ0) is 21.3. The van der Waals surface area contributed by atoms with Crippen LogP contribution < -0.4 is 15.0 Å². The first-order valence-corrected chi connectivity index (χ1v) is 9.65. The quantitative estimate of drug-likeness (QED) is 0.463. The van der Waals surface area contributed by atoms with Crippen LogP contribution in [0.25, 0.3) is 0 Å². The van der Waals surface area contributed by atoms with Crippen molar-refractivity contribution in [2.24, 2.45) is 0 Å². The third kappa shape index (κ3) is 3.81. The predicted molar refractivity (Wildman–Crippen MR) is 107 cm³/mol. The van der Waals surface area contributed by atoms with Gasteiger partial charge in [0.15, 0.2) is 0 Å². The maximum atomic E-state index is 12.9. The highest BCUT2D eigenvalue weighted by Gasteiger charge is 2.37. The van der Waals surface area contributed by atoms with Crippen molar-refractivity contribution < 1.29 is 28.7 Å². The van der Waals surface area contributed by atoms with Crippen molar-refractivity contribution in [1.82, 2.24) is 5.32 Å². The summed E-state index contributed by atoms with van der Waals surface area (Å²) in [7, 11) is 0. The molecule has 0 aromatic heterocycles. The number of carbonyl (C=O) groups excluding carboxylic acids is 4. The lowest BCUT2D eigenvalue weighted by molar-refractivity contribution is -0.131. The summed E-state index contributed by atoms with van der Waals surface area (Å²) >= 11 is 0. The first kappa shape index (κ1) is 19.8. The van der Waals surface area contributed by atoms with Gasteiger partial charge in [0.2, 0.25) is 0 Å². The molecule has 8 heteroatoms. The summed E-state index contributed by atoms with van der Waals surface area (Å²) in [5, 5.41) is 2.80. The van der Waals surface area contributed by atoms with Crippen LogP contribution in [-0.2, 0) is 9.53 Å². The smallest absolute Gasteiger partial charge is 0.308 e. The summed E-state index contributed by atoms with van der Waals surface area (Å²) < 4.78 is 10.5. The molecule has 0 radical (unpaired) electrons. The molecule has 3 amide bonds. The van der Waals surface area contributed by atoms with Crippen molar-refractivity contribution in [3.05, 3.63) is 59.2 Å². The number of rotatable bonds is 5. The molecule has 1 fully saturated rings. The van der Waals surface area contributed by atoms with E-state index in [9.17, 15) is 19.2 Å². The number of esters is 1. The first-order chi connectivity index (χ1) is 14.4. The second-order valence-corrected chi connectivity index (χ2v) is 7.14. The highest BCUT2D eigenvalue weighted by Crippen LogP contribution is 2.31. The van der Waals surface area contributed by atoms with Crippen molar-refractivity contribution in [1.29, 1.82) is 0 Å². The minimum absolute atomic E-state index is 0.00609. The highest BCUT2D eigenvalue weighted by molar-refractivity contribution is 6.34. The van der Waals surface area contributed by atoms with E-state index in [1.807, 2.05) is 0 Å². The number of anilines is 1. The van der Waals surface area contributed by atoms with Gasteiger partial charge in [-0.05, 0) is 43.2 Å². The van der Waals surface area contributed by atoms with Gasteiger partial charge in [-0.25, -0.2) is 4.90 Å². The third-order valence-corrected chi connectivity index (χ3v) is 5.00. The van der Waals surface area contributed by atoms with E-state index in [-0.39, 0.29) is 34.6 Å². The average molecular weight is 408 g/mol. The number of hydrogen-bond acceptors (Lipinski definition) is 6. The molecule has 0 spiro atoms. The molecule has 1 N–H and O–H groups in total. The van der Waals surface area contributed by atoms with Crippen LogP contribution in [0.15, 0.2) is 42.5 Å². The van der Waals surface area contributed by atoms with Crippen molar-refractivity contribution in [2.75, 3.05) is 18.1 Å². The molecule has 4 rings (SSSR count). The van der Waals surface area contributed by atoms with Crippen LogP contribution in [0, 0.1) is 0 Å². The summed E-state index contributed by atoms with van der Waals surface area (Å²) in [6.45, 7) is 2.36. The van der Waals surface area contributed by atoms with Crippen LogP contribution in [0.4, 0.5) is 5.69 Å². The number of nitrogens with one attached hydrogen (secondary N) is 1. The first-order valence-electron chi connectivity index (χ1n) is 9.65. The van der Waals surface area contributed by atoms with Crippen molar-refractivity contribution in [3.63, 3.8) is 0 Å². The number of ether oxygens (including phenoxy) is 2. The van der Waals surface area contributed by atoms with Gasteiger partial charge in [0.25, 0.3) is 17.7 Å². The van der Waals surface area contributed by atoms with E-state index in [0.29, 0.717) is 18.7 Å². The van der Waals surface area contributed by atoms with Crippen LogP contribution in [0.5, 0.6) is 5.75 Å². The summed E-state index contributed by atoms with van der Waals surface area (Å²) in [6, 6.07) is 10.6. The number of carbonyl (C=O) groups is 4. The molecule has 2 heterocycles. The van der Waals surface area contributed by atoms with E-state index in [1.165, 1.54) is 31.2 Å². The third-order valence-electron chi connectivity index (χ3n) is 5.00. The Labute approximate surface area is 172 Å². The number of hydrogen-bond donors (Lipinski definition) is 1. The molecule has 1 unspecified atom stereocenters. The van der Waals surface area contributed by atoms with Crippen molar-refractivity contribution >= 4 is 29.4 Å². The molecule has 0 aliphatic carbocycles. The van der Waals surface area contributed by atoms with Gasteiger partial charge in [-0.2, -0.15) is 0 Å². The van der Waals surface area contributed by atoms with E-state index in [2.05, 4.69) is 5.32 Å². The number of nitrogens with zero attached hydrogens (tertiary/aromatic N) is 1. The summed E-state index contributed by atoms with van der Waals surface area (Å²) in [6.07, 6.45) is 1.88. The Balaban J connectivity index is 1.54. The van der Waals surface area contributed by atoms with Crippen LogP contribution in [-0.4, -0.2) is 42.9 Å². The Hall–Kier alpha value is -3.52. The van der Waals surface area contributed by atoms with Crippen molar-refractivity contribution in [3.8, 4) is 5.75 Å². The highest BCUT2D eigenvalue weighted by atomic mass is 16.5. The zero-order valence-corrected chi connectivity index (χ0v) is 16.3. The Morgan fingerprint density at radius 3 is 2.67 bits per heavy atom. The number of fused-ring (bicyclic) bond motifs is 1. The molecule has 30 heavy (non-hydrogen) atoms. The minimum Gasteiger partial charge on any atom is -0.427 e. The zero-order valence-electron chi connectivity index (χ0n) is 16.3. The standard InChI is InChI=1S/C22H20N2O6/c1-13(25)30-16-5-2-4-15(11-16)24-21(27)18-8-7-14(10-19(18)22(24)28)20(26)23-12-17-6-3-9-29-17/h2,4-5,7-8,10-11,17H,3,6,9,12H2,1H3,(H,23,26). The summed E-state index contributed by atoms with van der Waals surface area (Å²) in [4.78, 5) is 50.4. The lowest BCUT2D eigenvalue weighted by Gasteiger charge is -2.14. The molecular formula is C22H20N2O6. The van der Waals surface area contributed by atoms with Gasteiger partial charge in [-0.3, -0.25) is 19.2 Å². The Kier molecular flexibility index (Phi) is 5.33. The largest absolute Gasteiger partial charge is 0.427 e. The Bertz CT molecular complexity index is 1040. The Morgan fingerprint density at radius 1 is 1.13 bits per heavy atom. The normalized spacial score (nSPS) is 17.8. The van der Waals surface area contributed by atoms with Gasteiger partial charge < -0.3 is 14.8 Å². The molecule has 2 aliphatic rings. The predicted octanol–water partition coefficient (Wildman–Crippen LogP) is 2.32. The van der Waals surface area contributed by atoms with E-state index in [0.717, 1.165) is 17.7 Å². The summed E-state index contributed by atoms with van der Waals surface area (Å²) in [5.41, 5.74) is 0.948. The Morgan fingerprint density at radius 2 is 1.93 bits per heavy atom. The van der Waals surface area contributed by atoms with Gasteiger partial charge in [0.05, 0.1) is 22.9 Å². The monoisotopic (exact) mass is 408 g/mol. The molecule has 0 saturated carbocycles. The fourth-order valence-corrected chi connectivity index (χ4v) is 3.58.